The maximum atomic E-state index is 14.5. The molecule has 4 atom stereocenters. The minimum atomic E-state index is -2.82. The third-order valence-electron chi connectivity index (χ3n) is 5.41. The van der Waals surface area contributed by atoms with E-state index in [0.717, 1.165) is 16.7 Å². The van der Waals surface area contributed by atoms with E-state index in [9.17, 15) is 4.57 Å². The van der Waals surface area contributed by atoms with Crippen molar-refractivity contribution < 1.29 is 4.57 Å². The van der Waals surface area contributed by atoms with Crippen LogP contribution < -0.4 is 5.09 Å². The van der Waals surface area contributed by atoms with Crippen molar-refractivity contribution in [2.24, 2.45) is 0 Å². The lowest BCUT2D eigenvalue weighted by molar-refractivity contribution is 0.535. The van der Waals surface area contributed by atoms with E-state index in [1.165, 1.54) is 0 Å². The zero-order chi connectivity index (χ0) is 19.3. The predicted molar refractivity (Wildman–Crippen MR) is 115 cm³/mol. The molecule has 0 fully saturated rings. The predicted octanol–water partition coefficient (Wildman–Crippen LogP) is 7.14. The maximum Gasteiger partial charge on any atom is 0.162 e. The highest BCUT2D eigenvalue weighted by Gasteiger charge is 2.38. The molecule has 0 aliphatic rings. The van der Waals surface area contributed by atoms with Gasteiger partial charge in [-0.25, -0.2) is 0 Å². The molecule has 0 aliphatic heterocycles. The van der Waals surface area contributed by atoms with Gasteiger partial charge in [0.05, 0.1) is 0 Å². The number of benzene rings is 3. The molecule has 27 heavy (non-hydrogen) atoms. The first kappa shape index (κ1) is 19.6. The van der Waals surface area contributed by atoms with Gasteiger partial charge in [-0.15, -0.1) is 0 Å². The molecule has 0 radical (unpaired) electrons. The van der Waals surface area contributed by atoms with E-state index in [1.54, 1.807) is 0 Å². The molecule has 1 unspecified atom stereocenters. The Bertz CT molecular complexity index is 831. The lowest BCUT2D eigenvalue weighted by atomic mass is 10.1. The van der Waals surface area contributed by atoms with E-state index in [4.69, 9.17) is 0 Å². The zero-order valence-corrected chi connectivity index (χ0v) is 17.1. The lowest BCUT2D eigenvalue weighted by Gasteiger charge is -2.34. The Hall–Kier alpha value is -2.15. The van der Waals surface area contributed by atoms with Crippen molar-refractivity contribution in [3.63, 3.8) is 0 Å². The molecular weight excluding hydrogens is 349 g/mol. The Morgan fingerprint density at radius 1 is 0.593 bits per heavy atom. The smallest absolute Gasteiger partial charge is 0.162 e. The Morgan fingerprint density at radius 2 is 0.926 bits per heavy atom. The van der Waals surface area contributed by atoms with Gasteiger partial charge in [-0.3, -0.25) is 5.09 Å². The molecule has 0 saturated heterocycles. The quantitative estimate of drug-likeness (QED) is 0.443. The van der Waals surface area contributed by atoms with Crippen LogP contribution in [0.2, 0.25) is 0 Å². The van der Waals surface area contributed by atoms with Crippen LogP contribution in [0.3, 0.4) is 0 Å². The van der Waals surface area contributed by atoms with Gasteiger partial charge in [-0.1, -0.05) is 105 Å². The van der Waals surface area contributed by atoms with Crippen molar-refractivity contribution >= 4 is 7.29 Å². The van der Waals surface area contributed by atoms with Crippen LogP contribution in [0.25, 0.3) is 0 Å². The molecule has 140 valence electrons. The Morgan fingerprint density at radius 3 is 1.30 bits per heavy atom. The summed E-state index contributed by atoms with van der Waals surface area (Å²) in [5, 5.41) is 3.56. The van der Waals surface area contributed by atoms with Gasteiger partial charge < -0.3 is 4.57 Å². The number of hydrogen-bond acceptors (Lipinski definition) is 1. The zero-order valence-electron chi connectivity index (χ0n) is 16.2. The highest BCUT2D eigenvalue weighted by atomic mass is 31.2. The van der Waals surface area contributed by atoms with Gasteiger partial charge >= 0.3 is 0 Å². The van der Waals surface area contributed by atoms with Crippen LogP contribution in [0.5, 0.6) is 0 Å². The molecule has 3 heteroatoms. The standard InChI is InChI=1S/C24H28NOP/c1-19(22-13-7-4-8-14-22)25-27(26,20(2)23-15-9-5-10-16-23)21(3)24-17-11-6-12-18-24/h4-21H,1-3H3,(H,25,26)/t19-,20-,21+,27?/m1/s1. The summed E-state index contributed by atoms with van der Waals surface area (Å²) < 4.78 is 14.5. The highest BCUT2D eigenvalue weighted by Crippen LogP contribution is 2.66. The van der Waals surface area contributed by atoms with Crippen molar-refractivity contribution in [2.75, 3.05) is 0 Å². The van der Waals surface area contributed by atoms with Gasteiger partial charge in [0.15, 0.2) is 7.29 Å². The van der Waals surface area contributed by atoms with Crippen molar-refractivity contribution in [1.82, 2.24) is 5.09 Å². The average Bonchev–Trinajstić information content (AvgIpc) is 2.74. The normalized spacial score (nSPS) is 16.9. The summed E-state index contributed by atoms with van der Waals surface area (Å²) in [6.45, 7) is 6.26. The first-order valence-electron chi connectivity index (χ1n) is 9.54. The fourth-order valence-electron chi connectivity index (χ4n) is 3.58. The van der Waals surface area contributed by atoms with E-state index in [-0.39, 0.29) is 17.4 Å². The van der Waals surface area contributed by atoms with Crippen LogP contribution in [0.15, 0.2) is 91.0 Å². The summed E-state index contributed by atoms with van der Waals surface area (Å²) in [4.78, 5) is 0. The fourth-order valence-corrected chi connectivity index (χ4v) is 6.69. The van der Waals surface area contributed by atoms with E-state index >= 15 is 0 Å². The molecule has 0 saturated carbocycles. The van der Waals surface area contributed by atoms with Gasteiger partial charge in [0.25, 0.3) is 0 Å². The molecule has 3 aromatic carbocycles. The SMILES string of the molecule is C[C@H](c1ccccc1)P(=O)(N[C@H](C)c1ccccc1)[C@@H](C)c1ccccc1. The number of hydrogen-bond donors (Lipinski definition) is 1. The van der Waals surface area contributed by atoms with Gasteiger partial charge in [-0.2, -0.15) is 0 Å². The Balaban J connectivity index is 1.99. The summed E-state index contributed by atoms with van der Waals surface area (Å²) in [6, 6.07) is 30.6. The van der Waals surface area contributed by atoms with E-state index in [0.29, 0.717) is 0 Å². The second kappa shape index (κ2) is 8.69. The molecule has 0 bridgehead atoms. The number of nitrogens with one attached hydrogen (secondary N) is 1. The molecule has 1 N–H and O–H groups in total. The fraction of sp³-hybridized carbons (Fsp3) is 0.250. The second-order valence-corrected chi connectivity index (χ2v) is 10.4. The van der Waals surface area contributed by atoms with Crippen LogP contribution in [-0.2, 0) is 4.57 Å². The van der Waals surface area contributed by atoms with E-state index in [2.05, 4.69) is 62.3 Å². The van der Waals surface area contributed by atoms with Crippen LogP contribution in [0, 0.1) is 0 Å². The van der Waals surface area contributed by atoms with Crippen LogP contribution in [0.1, 0.15) is 54.8 Å². The third kappa shape index (κ3) is 4.40. The minimum Gasteiger partial charge on any atom is -0.305 e. The van der Waals surface area contributed by atoms with Crippen molar-refractivity contribution in [3.8, 4) is 0 Å². The maximum absolute atomic E-state index is 14.5. The molecule has 3 aromatic rings. The summed E-state index contributed by atoms with van der Waals surface area (Å²) in [5.41, 5.74) is 3.20. The third-order valence-corrected chi connectivity index (χ3v) is 9.10. The van der Waals surface area contributed by atoms with Crippen LogP contribution in [0.4, 0.5) is 0 Å². The molecule has 0 aromatic heterocycles. The monoisotopic (exact) mass is 377 g/mol. The molecule has 0 spiro atoms. The lowest BCUT2D eigenvalue weighted by Crippen LogP contribution is -2.22. The Kier molecular flexibility index (Phi) is 6.31. The largest absolute Gasteiger partial charge is 0.305 e. The molecule has 0 amide bonds. The molecule has 0 heterocycles. The van der Waals surface area contributed by atoms with Crippen molar-refractivity contribution in [1.29, 1.82) is 0 Å². The van der Waals surface area contributed by atoms with Crippen molar-refractivity contribution in [3.05, 3.63) is 108 Å². The number of rotatable bonds is 7. The molecule has 0 aliphatic carbocycles. The molecular formula is C24H28NOP. The van der Waals surface area contributed by atoms with Gasteiger partial charge in [-0.05, 0) is 23.6 Å². The van der Waals surface area contributed by atoms with Gasteiger partial charge in [0.2, 0.25) is 0 Å². The summed E-state index contributed by atoms with van der Waals surface area (Å²) in [6.07, 6.45) is 0. The first-order valence-corrected chi connectivity index (χ1v) is 11.4. The van der Waals surface area contributed by atoms with E-state index in [1.807, 2.05) is 54.6 Å². The molecule has 3 rings (SSSR count). The summed E-state index contributed by atoms with van der Waals surface area (Å²) in [7, 11) is -2.82. The second-order valence-electron chi connectivity index (χ2n) is 7.14. The Labute approximate surface area is 163 Å². The summed E-state index contributed by atoms with van der Waals surface area (Å²) in [5.74, 6) is 0. The highest BCUT2D eigenvalue weighted by molar-refractivity contribution is 7.62. The minimum absolute atomic E-state index is 0.00866. The van der Waals surface area contributed by atoms with Crippen LogP contribution >= 0.6 is 7.29 Å². The van der Waals surface area contributed by atoms with Gasteiger partial charge in [0.1, 0.15) is 0 Å². The van der Waals surface area contributed by atoms with E-state index < -0.39 is 7.29 Å². The van der Waals surface area contributed by atoms with Crippen molar-refractivity contribution in [2.45, 2.75) is 38.1 Å². The first-order chi connectivity index (χ1) is 13.0. The molecule has 2 nitrogen and oxygen atoms in total. The van der Waals surface area contributed by atoms with Gasteiger partial charge in [0, 0.05) is 17.4 Å². The van der Waals surface area contributed by atoms with Crippen LogP contribution in [-0.4, -0.2) is 0 Å². The topological polar surface area (TPSA) is 29.1 Å². The average molecular weight is 377 g/mol. The summed E-state index contributed by atoms with van der Waals surface area (Å²) >= 11 is 0.